The minimum atomic E-state index is -0.921. The molecule has 0 bridgehead atoms. The quantitative estimate of drug-likeness (QED) is 0.868. The lowest BCUT2D eigenvalue weighted by atomic mass is 10.1. The molecule has 1 aromatic heterocycles. The van der Waals surface area contributed by atoms with Gasteiger partial charge < -0.3 is 10.4 Å². The van der Waals surface area contributed by atoms with Crippen LogP contribution in [0.1, 0.15) is 33.8 Å². The summed E-state index contributed by atoms with van der Waals surface area (Å²) in [5, 5.41) is 12.3. The van der Waals surface area contributed by atoms with Gasteiger partial charge in [-0.25, -0.2) is 4.79 Å². The van der Waals surface area contributed by atoms with Crippen LogP contribution in [0.15, 0.2) is 30.3 Å². The number of aromatic carboxylic acids is 1. The lowest BCUT2D eigenvalue weighted by Crippen LogP contribution is -2.07. The highest BCUT2D eigenvalue weighted by molar-refractivity contribution is 7.16. The van der Waals surface area contributed by atoms with Crippen molar-refractivity contribution in [2.45, 2.75) is 19.9 Å². The van der Waals surface area contributed by atoms with Gasteiger partial charge in [-0.3, -0.25) is 0 Å². The Kier molecular flexibility index (Phi) is 4.12. The molecule has 3 nitrogen and oxygen atoms in total. The Hall–Kier alpha value is -1.52. The zero-order valence-electron chi connectivity index (χ0n) is 10.6. The van der Waals surface area contributed by atoms with Crippen molar-refractivity contribution >= 4 is 34.6 Å². The zero-order valence-corrected chi connectivity index (χ0v) is 12.2. The number of carboxylic acids is 1. The van der Waals surface area contributed by atoms with Gasteiger partial charge in [0.25, 0.3) is 0 Å². The summed E-state index contributed by atoms with van der Waals surface area (Å²) < 4.78 is 0.750. The third-order valence-electron chi connectivity index (χ3n) is 2.88. The van der Waals surface area contributed by atoms with Crippen LogP contribution in [0.25, 0.3) is 0 Å². The van der Waals surface area contributed by atoms with Crippen molar-refractivity contribution in [3.63, 3.8) is 0 Å². The number of carbonyl (C=O) groups is 1. The van der Waals surface area contributed by atoms with Gasteiger partial charge in [-0.2, -0.15) is 0 Å². The minimum absolute atomic E-state index is 0.0836. The first-order valence-electron chi connectivity index (χ1n) is 5.83. The molecular formula is C14H14ClNO2S. The standard InChI is InChI=1S/C14H14ClNO2S/c1-8-3-4-10(14(17)18)7-11(8)16-9(2)12-5-6-13(15)19-12/h3-7,9,16H,1-2H3,(H,17,18). The number of rotatable bonds is 4. The maximum atomic E-state index is 11.0. The maximum Gasteiger partial charge on any atom is 0.335 e. The van der Waals surface area contributed by atoms with Crippen molar-refractivity contribution in [1.82, 2.24) is 0 Å². The summed E-state index contributed by atoms with van der Waals surface area (Å²) in [7, 11) is 0. The third kappa shape index (κ3) is 3.28. The monoisotopic (exact) mass is 295 g/mol. The van der Waals surface area contributed by atoms with Crippen molar-refractivity contribution in [2.24, 2.45) is 0 Å². The fraction of sp³-hybridized carbons (Fsp3) is 0.214. The molecule has 100 valence electrons. The molecular weight excluding hydrogens is 282 g/mol. The van der Waals surface area contributed by atoms with Gasteiger partial charge in [0.05, 0.1) is 15.9 Å². The Bertz CT molecular complexity index is 609. The third-order valence-corrected chi connectivity index (χ3v) is 4.29. The van der Waals surface area contributed by atoms with E-state index in [4.69, 9.17) is 16.7 Å². The van der Waals surface area contributed by atoms with Crippen LogP contribution in [0.4, 0.5) is 5.69 Å². The molecule has 1 heterocycles. The molecule has 5 heteroatoms. The van der Waals surface area contributed by atoms with Crippen LogP contribution in [0, 0.1) is 6.92 Å². The van der Waals surface area contributed by atoms with Crippen LogP contribution in [-0.4, -0.2) is 11.1 Å². The Morgan fingerprint density at radius 3 is 2.68 bits per heavy atom. The van der Waals surface area contributed by atoms with Gasteiger partial charge in [0.15, 0.2) is 0 Å². The van der Waals surface area contributed by atoms with Crippen LogP contribution >= 0.6 is 22.9 Å². The summed E-state index contributed by atoms with van der Waals surface area (Å²) in [5.41, 5.74) is 2.13. The molecule has 2 rings (SSSR count). The second-order valence-electron chi connectivity index (χ2n) is 4.34. The summed E-state index contributed by atoms with van der Waals surface area (Å²) in [4.78, 5) is 12.1. The number of hydrogen-bond donors (Lipinski definition) is 2. The summed E-state index contributed by atoms with van der Waals surface area (Å²) in [6.45, 7) is 3.97. The van der Waals surface area contributed by atoms with Gasteiger partial charge >= 0.3 is 5.97 Å². The topological polar surface area (TPSA) is 49.3 Å². The average molecular weight is 296 g/mol. The smallest absolute Gasteiger partial charge is 0.335 e. The van der Waals surface area contributed by atoms with Gasteiger partial charge in [-0.1, -0.05) is 17.7 Å². The lowest BCUT2D eigenvalue weighted by Gasteiger charge is -2.16. The highest BCUT2D eigenvalue weighted by atomic mass is 35.5. The van der Waals surface area contributed by atoms with E-state index in [-0.39, 0.29) is 11.6 Å². The molecule has 0 radical (unpaired) electrons. The summed E-state index contributed by atoms with van der Waals surface area (Å²) in [5.74, 6) is -0.921. The predicted octanol–water partition coefficient (Wildman–Crippen LogP) is 4.58. The van der Waals surface area contributed by atoms with Gasteiger partial charge in [0.2, 0.25) is 0 Å². The Morgan fingerprint density at radius 1 is 1.37 bits per heavy atom. The highest BCUT2D eigenvalue weighted by Crippen LogP contribution is 2.30. The molecule has 0 spiro atoms. The Balaban J connectivity index is 2.22. The molecule has 0 aliphatic carbocycles. The van der Waals surface area contributed by atoms with E-state index in [1.54, 1.807) is 18.2 Å². The first-order valence-corrected chi connectivity index (χ1v) is 7.02. The number of carboxylic acid groups (broad SMARTS) is 1. The van der Waals surface area contributed by atoms with Crippen LogP contribution in [0.3, 0.4) is 0 Å². The van der Waals surface area contributed by atoms with Crippen LogP contribution < -0.4 is 5.32 Å². The normalized spacial score (nSPS) is 12.2. The SMILES string of the molecule is Cc1ccc(C(=O)O)cc1NC(C)c1ccc(Cl)s1. The molecule has 19 heavy (non-hydrogen) atoms. The minimum Gasteiger partial charge on any atom is -0.478 e. The maximum absolute atomic E-state index is 11.0. The Morgan fingerprint density at radius 2 is 2.11 bits per heavy atom. The van der Waals surface area contributed by atoms with Crippen molar-refractivity contribution < 1.29 is 9.90 Å². The number of anilines is 1. The van der Waals surface area contributed by atoms with Gasteiger partial charge in [-0.15, -0.1) is 11.3 Å². The predicted molar refractivity (Wildman–Crippen MR) is 79.5 cm³/mol. The van der Waals surface area contributed by atoms with E-state index in [2.05, 4.69) is 5.32 Å². The van der Waals surface area contributed by atoms with E-state index in [0.717, 1.165) is 20.5 Å². The second-order valence-corrected chi connectivity index (χ2v) is 6.09. The van der Waals surface area contributed by atoms with Crippen molar-refractivity contribution in [3.05, 3.63) is 50.7 Å². The fourth-order valence-corrected chi connectivity index (χ4v) is 2.84. The molecule has 2 N–H and O–H groups in total. The van der Waals surface area contributed by atoms with E-state index in [9.17, 15) is 4.79 Å². The molecule has 1 unspecified atom stereocenters. The molecule has 0 saturated carbocycles. The van der Waals surface area contributed by atoms with Crippen molar-refractivity contribution in [2.75, 3.05) is 5.32 Å². The first-order chi connectivity index (χ1) is 8.97. The van der Waals surface area contributed by atoms with Gasteiger partial charge in [0.1, 0.15) is 0 Å². The number of aryl methyl sites for hydroxylation is 1. The van der Waals surface area contributed by atoms with Gasteiger partial charge in [0, 0.05) is 10.6 Å². The highest BCUT2D eigenvalue weighted by Gasteiger charge is 2.11. The van der Waals surface area contributed by atoms with Crippen LogP contribution in [-0.2, 0) is 0 Å². The molecule has 0 aliphatic heterocycles. The summed E-state index contributed by atoms with van der Waals surface area (Å²) >= 11 is 7.44. The van der Waals surface area contributed by atoms with E-state index in [1.165, 1.54) is 11.3 Å². The van der Waals surface area contributed by atoms with E-state index < -0.39 is 5.97 Å². The average Bonchev–Trinajstić information content (AvgIpc) is 2.78. The molecule has 1 atom stereocenters. The number of hydrogen-bond acceptors (Lipinski definition) is 3. The molecule has 1 aromatic carbocycles. The summed E-state index contributed by atoms with van der Waals surface area (Å²) in [6.07, 6.45) is 0. The number of benzene rings is 1. The molecule has 2 aromatic rings. The van der Waals surface area contributed by atoms with E-state index >= 15 is 0 Å². The number of thiophene rings is 1. The largest absolute Gasteiger partial charge is 0.478 e. The van der Waals surface area contributed by atoms with Crippen LogP contribution in [0.2, 0.25) is 4.34 Å². The van der Waals surface area contributed by atoms with Crippen molar-refractivity contribution in [3.8, 4) is 0 Å². The van der Waals surface area contributed by atoms with Crippen LogP contribution in [0.5, 0.6) is 0 Å². The molecule has 0 fully saturated rings. The second kappa shape index (κ2) is 5.63. The van der Waals surface area contributed by atoms with Gasteiger partial charge in [-0.05, 0) is 43.7 Å². The fourth-order valence-electron chi connectivity index (χ4n) is 1.78. The Labute approximate surface area is 120 Å². The van der Waals surface area contributed by atoms with E-state index in [1.807, 2.05) is 26.0 Å². The molecule has 0 saturated heterocycles. The summed E-state index contributed by atoms with van der Waals surface area (Å²) in [6, 6.07) is 8.99. The zero-order chi connectivity index (χ0) is 14.0. The number of halogens is 1. The van der Waals surface area contributed by atoms with E-state index in [0.29, 0.717) is 0 Å². The molecule has 0 aliphatic rings. The lowest BCUT2D eigenvalue weighted by molar-refractivity contribution is 0.0697. The van der Waals surface area contributed by atoms with Crippen molar-refractivity contribution in [1.29, 1.82) is 0 Å². The molecule has 0 amide bonds. The first kappa shape index (κ1) is 13.9. The number of nitrogens with one attached hydrogen (secondary N) is 1.